The molecule has 1 amide bonds. The second kappa shape index (κ2) is 8.78. The van der Waals surface area contributed by atoms with Gasteiger partial charge in [-0.2, -0.15) is 0 Å². The number of fused-ring (bicyclic) bond motifs is 1. The van der Waals surface area contributed by atoms with Gasteiger partial charge in [-0.3, -0.25) is 9.59 Å². The van der Waals surface area contributed by atoms with Crippen molar-refractivity contribution in [2.75, 3.05) is 19.7 Å². The van der Waals surface area contributed by atoms with Crippen molar-refractivity contribution in [1.29, 1.82) is 0 Å². The zero-order valence-electron chi connectivity index (χ0n) is 17.2. The van der Waals surface area contributed by atoms with Crippen LogP contribution in [0.4, 0.5) is 0 Å². The van der Waals surface area contributed by atoms with Gasteiger partial charge in [0.2, 0.25) is 0 Å². The van der Waals surface area contributed by atoms with Gasteiger partial charge in [-0.1, -0.05) is 48.5 Å². The molecule has 6 nitrogen and oxygen atoms in total. The van der Waals surface area contributed by atoms with Gasteiger partial charge < -0.3 is 19.8 Å². The molecule has 3 aromatic rings. The van der Waals surface area contributed by atoms with Gasteiger partial charge in [-0.05, 0) is 47.4 Å². The molecular weight excluding hydrogens is 394 g/mol. The number of carbonyl (C=O) groups excluding carboxylic acids is 1. The lowest BCUT2D eigenvalue weighted by Crippen LogP contribution is -2.45. The summed E-state index contributed by atoms with van der Waals surface area (Å²) in [5.41, 5.74) is 0.455. The first-order valence-corrected chi connectivity index (χ1v) is 10.4. The lowest BCUT2D eigenvalue weighted by molar-refractivity contribution is -0.137. The molecule has 4 rings (SSSR count). The fraction of sp³-hybridized carbons (Fsp3) is 0.280. The average Bonchev–Trinajstić information content (AvgIpc) is 2.79. The summed E-state index contributed by atoms with van der Waals surface area (Å²) in [6, 6.07) is 20.7. The lowest BCUT2D eigenvalue weighted by Gasteiger charge is -2.38. The second-order valence-corrected chi connectivity index (χ2v) is 7.87. The first-order valence-electron chi connectivity index (χ1n) is 10.4. The maximum absolute atomic E-state index is 13.1. The Kier molecular flexibility index (Phi) is 5.91. The number of nitrogens with zero attached hydrogens (tertiary/aromatic N) is 1. The van der Waals surface area contributed by atoms with E-state index in [1.165, 1.54) is 0 Å². The van der Waals surface area contributed by atoms with Crippen LogP contribution < -0.4 is 4.74 Å². The molecule has 1 heterocycles. The van der Waals surface area contributed by atoms with Gasteiger partial charge in [0.1, 0.15) is 5.75 Å². The number of benzene rings is 3. The van der Waals surface area contributed by atoms with Gasteiger partial charge in [-0.25, -0.2) is 0 Å². The third kappa shape index (κ3) is 4.54. The van der Waals surface area contributed by atoms with Crippen LogP contribution in [-0.2, 0) is 10.4 Å². The van der Waals surface area contributed by atoms with Crippen LogP contribution >= 0.6 is 0 Å². The average molecular weight is 419 g/mol. The highest BCUT2D eigenvalue weighted by Gasteiger charge is 2.35. The van der Waals surface area contributed by atoms with Gasteiger partial charge in [0.15, 0.2) is 0 Å². The van der Waals surface area contributed by atoms with E-state index < -0.39 is 11.6 Å². The largest absolute Gasteiger partial charge is 0.493 e. The molecule has 0 aliphatic carbocycles. The van der Waals surface area contributed by atoms with E-state index in [9.17, 15) is 14.7 Å². The summed E-state index contributed by atoms with van der Waals surface area (Å²) in [7, 11) is 0. The number of carboxylic acids is 1. The Hall–Kier alpha value is -3.38. The molecular formula is C25H25NO5. The van der Waals surface area contributed by atoms with Gasteiger partial charge in [0, 0.05) is 18.7 Å². The number of likely N-dealkylation sites (tertiary alicyclic amines) is 1. The molecule has 0 saturated carbocycles. The summed E-state index contributed by atoms with van der Waals surface area (Å²) < 4.78 is 5.41. The lowest BCUT2D eigenvalue weighted by atomic mass is 9.84. The molecule has 1 aliphatic heterocycles. The molecule has 1 aliphatic rings. The van der Waals surface area contributed by atoms with E-state index in [0.717, 1.165) is 16.3 Å². The van der Waals surface area contributed by atoms with Crippen molar-refractivity contribution in [3.8, 4) is 5.75 Å². The molecule has 0 unspecified atom stereocenters. The standard InChI is InChI=1S/C25H25NO5/c27-23(28)12-17-31-20-10-8-19(9-11-20)25(30)13-15-26(16-14-25)24(29)22-7-3-5-18-4-1-2-6-21(18)22/h1-11,30H,12-17H2,(H,27,28). The van der Waals surface area contributed by atoms with Crippen molar-refractivity contribution < 1.29 is 24.5 Å². The van der Waals surface area contributed by atoms with E-state index in [1.54, 1.807) is 29.2 Å². The summed E-state index contributed by atoms with van der Waals surface area (Å²) in [6.07, 6.45) is 0.831. The molecule has 3 aromatic carbocycles. The maximum atomic E-state index is 13.1. The van der Waals surface area contributed by atoms with Crippen LogP contribution in [0, 0.1) is 0 Å². The number of carboxylic acid groups (broad SMARTS) is 1. The molecule has 160 valence electrons. The minimum absolute atomic E-state index is 0.0129. The van der Waals surface area contributed by atoms with E-state index in [2.05, 4.69) is 0 Å². The molecule has 0 radical (unpaired) electrons. The zero-order valence-corrected chi connectivity index (χ0v) is 17.2. The topological polar surface area (TPSA) is 87.1 Å². The first-order chi connectivity index (χ1) is 15.0. The normalized spacial score (nSPS) is 15.6. The van der Waals surface area contributed by atoms with Gasteiger partial charge in [-0.15, -0.1) is 0 Å². The van der Waals surface area contributed by atoms with E-state index in [1.807, 2.05) is 42.5 Å². The van der Waals surface area contributed by atoms with Gasteiger partial charge in [0.25, 0.3) is 5.91 Å². The van der Waals surface area contributed by atoms with E-state index in [-0.39, 0.29) is 18.9 Å². The van der Waals surface area contributed by atoms with Crippen molar-refractivity contribution in [1.82, 2.24) is 4.90 Å². The van der Waals surface area contributed by atoms with Crippen molar-refractivity contribution in [3.05, 3.63) is 77.9 Å². The monoisotopic (exact) mass is 419 g/mol. The second-order valence-electron chi connectivity index (χ2n) is 7.87. The molecule has 0 spiro atoms. The number of hydrogen-bond donors (Lipinski definition) is 2. The SMILES string of the molecule is O=C(O)CCOc1ccc(C2(O)CCN(C(=O)c3cccc4ccccc34)CC2)cc1. The Labute approximate surface area is 180 Å². The Balaban J connectivity index is 1.41. The van der Waals surface area contributed by atoms with Crippen LogP contribution in [0.1, 0.15) is 35.2 Å². The fourth-order valence-corrected chi connectivity index (χ4v) is 4.07. The fourth-order valence-electron chi connectivity index (χ4n) is 4.07. The Morgan fingerprint density at radius 1 is 0.935 bits per heavy atom. The van der Waals surface area contributed by atoms with Crippen LogP contribution in [0.3, 0.4) is 0 Å². The van der Waals surface area contributed by atoms with E-state index in [4.69, 9.17) is 9.84 Å². The maximum Gasteiger partial charge on any atom is 0.306 e. The van der Waals surface area contributed by atoms with Crippen LogP contribution in [0.15, 0.2) is 66.7 Å². The van der Waals surface area contributed by atoms with Gasteiger partial charge >= 0.3 is 5.97 Å². The number of ether oxygens (including phenoxy) is 1. The predicted octanol–water partition coefficient (Wildman–Crippen LogP) is 3.82. The van der Waals surface area contributed by atoms with E-state index in [0.29, 0.717) is 37.2 Å². The Morgan fingerprint density at radius 3 is 2.32 bits per heavy atom. The third-order valence-corrected chi connectivity index (χ3v) is 5.87. The number of aliphatic carboxylic acids is 1. The third-order valence-electron chi connectivity index (χ3n) is 5.87. The number of aliphatic hydroxyl groups is 1. The predicted molar refractivity (Wildman–Crippen MR) is 117 cm³/mol. The van der Waals surface area contributed by atoms with Crippen LogP contribution in [0.5, 0.6) is 5.75 Å². The molecule has 2 N–H and O–H groups in total. The van der Waals surface area contributed by atoms with Crippen molar-refractivity contribution in [3.63, 3.8) is 0 Å². The van der Waals surface area contributed by atoms with Gasteiger partial charge in [0.05, 0.1) is 18.6 Å². The quantitative estimate of drug-likeness (QED) is 0.634. The summed E-state index contributed by atoms with van der Waals surface area (Å²) in [4.78, 5) is 25.5. The summed E-state index contributed by atoms with van der Waals surface area (Å²) >= 11 is 0. The zero-order chi connectivity index (χ0) is 21.8. The van der Waals surface area contributed by atoms with Crippen molar-refractivity contribution in [2.45, 2.75) is 24.9 Å². The number of hydrogen-bond acceptors (Lipinski definition) is 4. The Morgan fingerprint density at radius 2 is 1.61 bits per heavy atom. The summed E-state index contributed by atoms with van der Waals surface area (Å²) in [6.45, 7) is 1.04. The number of carbonyl (C=O) groups is 2. The molecule has 1 fully saturated rings. The smallest absolute Gasteiger partial charge is 0.306 e. The summed E-state index contributed by atoms with van der Waals surface area (Å²) in [5, 5.41) is 21.8. The van der Waals surface area contributed by atoms with Crippen LogP contribution in [0.2, 0.25) is 0 Å². The number of piperidine rings is 1. The molecule has 0 aromatic heterocycles. The molecule has 6 heteroatoms. The van der Waals surface area contributed by atoms with Crippen LogP contribution in [-0.4, -0.2) is 46.7 Å². The van der Waals surface area contributed by atoms with Crippen molar-refractivity contribution >= 4 is 22.6 Å². The molecule has 0 bridgehead atoms. The summed E-state index contributed by atoms with van der Waals surface area (Å²) in [5.74, 6) is -0.353. The highest BCUT2D eigenvalue weighted by atomic mass is 16.5. The minimum Gasteiger partial charge on any atom is -0.493 e. The number of amides is 1. The number of rotatable bonds is 6. The molecule has 31 heavy (non-hydrogen) atoms. The first kappa shape index (κ1) is 20.9. The van der Waals surface area contributed by atoms with Crippen LogP contribution in [0.25, 0.3) is 10.8 Å². The van der Waals surface area contributed by atoms with Crippen molar-refractivity contribution in [2.24, 2.45) is 0 Å². The highest BCUT2D eigenvalue weighted by Crippen LogP contribution is 2.34. The molecule has 0 atom stereocenters. The minimum atomic E-state index is -1.00. The highest BCUT2D eigenvalue weighted by molar-refractivity contribution is 6.07. The van der Waals surface area contributed by atoms with E-state index >= 15 is 0 Å². The Bertz CT molecular complexity index is 1080. The molecule has 1 saturated heterocycles.